The van der Waals surface area contributed by atoms with Gasteiger partial charge in [0.1, 0.15) is 0 Å². The summed E-state index contributed by atoms with van der Waals surface area (Å²) in [5, 5.41) is 4.94. The molecule has 2 aromatic heterocycles. The van der Waals surface area contributed by atoms with Crippen LogP contribution in [0.3, 0.4) is 0 Å². The number of thioether (sulfide) groups is 1. The molecule has 0 radical (unpaired) electrons. The third-order valence-electron chi connectivity index (χ3n) is 3.08. The van der Waals surface area contributed by atoms with Crippen LogP contribution in [0.1, 0.15) is 21.7 Å². The monoisotopic (exact) mass is 376 g/mol. The lowest BCUT2D eigenvalue weighted by atomic mass is 10.2. The summed E-state index contributed by atoms with van der Waals surface area (Å²) >= 11 is 4.69. The molecule has 0 spiro atoms. The van der Waals surface area contributed by atoms with Crippen molar-refractivity contribution < 1.29 is 4.79 Å². The van der Waals surface area contributed by atoms with E-state index in [0.717, 1.165) is 15.9 Å². The quantitative estimate of drug-likeness (QED) is 0.515. The maximum atomic E-state index is 12.2. The summed E-state index contributed by atoms with van der Waals surface area (Å²) in [6, 6.07) is 9.31. The molecule has 0 aliphatic heterocycles. The van der Waals surface area contributed by atoms with Crippen molar-refractivity contribution in [3.05, 3.63) is 51.8 Å². The van der Waals surface area contributed by atoms with Gasteiger partial charge in [0.2, 0.25) is 5.16 Å². The van der Waals surface area contributed by atoms with Crippen LogP contribution in [-0.2, 0) is 0 Å². The van der Waals surface area contributed by atoms with Crippen molar-refractivity contribution in [2.24, 2.45) is 0 Å². The highest BCUT2D eigenvalue weighted by atomic mass is 79.9. The summed E-state index contributed by atoms with van der Waals surface area (Å²) in [4.78, 5) is 20.9. The van der Waals surface area contributed by atoms with Crippen LogP contribution in [0, 0.1) is 13.8 Å². The third kappa shape index (κ3) is 3.20. The molecule has 0 saturated carbocycles. The molecule has 0 bridgehead atoms. The van der Waals surface area contributed by atoms with E-state index in [1.807, 2.05) is 38.1 Å². The summed E-state index contributed by atoms with van der Waals surface area (Å²) in [6.07, 6.45) is 0. The van der Waals surface area contributed by atoms with Gasteiger partial charge in [-0.1, -0.05) is 39.8 Å². The fourth-order valence-corrected chi connectivity index (χ4v) is 3.20. The molecule has 0 aliphatic carbocycles. The Hall–Kier alpha value is -1.73. The number of aromatic nitrogens is 4. The van der Waals surface area contributed by atoms with Gasteiger partial charge < -0.3 is 0 Å². The first-order valence-corrected chi connectivity index (χ1v) is 8.43. The SMILES string of the molecule is Cc1cc(C)n2nc(SCC(=O)c3cccc(Br)c3)nc2n1. The lowest BCUT2D eigenvalue weighted by molar-refractivity contribution is 0.102. The smallest absolute Gasteiger partial charge is 0.253 e. The molecule has 112 valence electrons. The third-order valence-corrected chi connectivity index (χ3v) is 4.41. The number of aryl methyl sites for hydroxylation is 2. The Kier molecular flexibility index (Phi) is 4.26. The number of carbonyl (C=O) groups excluding carboxylic acids is 1. The van der Waals surface area contributed by atoms with E-state index in [2.05, 4.69) is 31.0 Å². The minimum absolute atomic E-state index is 0.0472. The molecule has 7 heteroatoms. The molecular formula is C15H13BrN4OS. The van der Waals surface area contributed by atoms with Crippen LogP contribution >= 0.6 is 27.7 Å². The van der Waals surface area contributed by atoms with Crippen LogP contribution in [0.4, 0.5) is 0 Å². The number of nitrogens with zero attached hydrogens (tertiary/aromatic N) is 4. The minimum Gasteiger partial charge on any atom is -0.293 e. The largest absolute Gasteiger partial charge is 0.293 e. The topological polar surface area (TPSA) is 60.2 Å². The van der Waals surface area contributed by atoms with Gasteiger partial charge >= 0.3 is 0 Å². The molecule has 0 N–H and O–H groups in total. The fourth-order valence-electron chi connectivity index (χ4n) is 2.08. The average Bonchev–Trinajstić information content (AvgIpc) is 2.88. The number of hydrogen-bond donors (Lipinski definition) is 0. The van der Waals surface area contributed by atoms with Gasteiger partial charge in [-0.25, -0.2) is 9.50 Å². The first-order chi connectivity index (χ1) is 10.5. The lowest BCUT2D eigenvalue weighted by Gasteiger charge is -1.99. The highest BCUT2D eigenvalue weighted by molar-refractivity contribution is 9.10. The van der Waals surface area contributed by atoms with Crippen molar-refractivity contribution in [2.45, 2.75) is 19.0 Å². The van der Waals surface area contributed by atoms with Crippen LogP contribution < -0.4 is 0 Å². The van der Waals surface area contributed by atoms with Crippen molar-refractivity contribution in [3.8, 4) is 0 Å². The fraction of sp³-hybridized carbons (Fsp3) is 0.200. The zero-order valence-electron chi connectivity index (χ0n) is 12.1. The van der Waals surface area contributed by atoms with Crippen LogP contribution in [-0.4, -0.2) is 31.1 Å². The number of rotatable bonds is 4. The number of benzene rings is 1. The van der Waals surface area contributed by atoms with E-state index in [9.17, 15) is 4.79 Å². The van der Waals surface area contributed by atoms with Gasteiger partial charge in [-0.05, 0) is 32.0 Å². The van der Waals surface area contributed by atoms with E-state index in [1.54, 1.807) is 10.6 Å². The number of Topliss-reactive ketones (excluding diaryl/α,β-unsaturated/α-hetero) is 1. The number of halogens is 1. The van der Waals surface area contributed by atoms with Gasteiger partial charge in [0.25, 0.3) is 5.78 Å². The van der Waals surface area contributed by atoms with Crippen molar-refractivity contribution in [1.29, 1.82) is 0 Å². The number of carbonyl (C=O) groups is 1. The highest BCUT2D eigenvalue weighted by Gasteiger charge is 2.12. The molecule has 0 atom stereocenters. The normalized spacial score (nSPS) is 11.0. The van der Waals surface area contributed by atoms with Crippen molar-refractivity contribution in [1.82, 2.24) is 19.6 Å². The number of hydrogen-bond acceptors (Lipinski definition) is 5. The maximum Gasteiger partial charge on any atom is 0.253 e. The van der Waals surface area contributed by atoms with Crippen molar-refractivity contribution in [3.63, 3.8) is 0 Å². The molecule has 0 unspecified atom stereocenters. The predicted molar refractivity (Wildman–Crippen MR) is 89.5 cm³/mol. The van der Waals surface area contributed by atoms with Gasteiger partial charge in [0.15, 0.2) is 5.78 Å². The molecule has 0 aliphatic rings. The predicted octanol–water partition coefficient (Wildman–Crippen LogP) is 3.48. The summed E-state index contributed by atoms with van der Waals surface area (Å²) in [5.74, 6) is 0.909. The summed E-state index contributed by atoms with van der Waals surface area (Å²) in [7, 11) is 0. The molecule has 1 aromatic carbocycles. The van der Waals surface area contributed by atoms with Crippen molar-refractivity contribution in [2.75, 3.05) is 5.75 Å². The Labute approximate surface area is 140 Å². The molecule has 22 heavy (non-hydrogen) atoms. The number of ketones is 1. The second-order valence-electron chi connectivity index (χ2n) is 4.87. The molecule has 2 heterocycles. The highest BCUT2D eigenvalue weighted by Crippen LogP contribution is 2.18. The molecule has 0 fully saturated rings. The minimum atomic E-state index is 0.0472. The standard InChI is InChI=1S/C15H13BrN4OS/c1-9-6-10(2)20-14(17-9)18-15(19-20)22-8-13(21)11-4-3-5-12(16)7-11/h3-7H,8H2,1-2H3. The zero-order valence-corrected chi connectivity index (χ0v) is 14.5. The van der Waals surface area contributed by atoms with E-state index in [0.29, 0.717) is 22.3 Å². The van der Waals surface area contributed by atoms with E-state index >= 15 is 0 Å². The Morgan fingerprint density at radius 1 is 1.27 bits per heavy atom. The second-order valence-corrected chi connectivity index (χ2v) is 6.73. The van der Waals surface area contributed by atoms with Gasteiger partial charge in [-0.15, -0.1) is 5.10 Å². The van der Waals surface area contributed by atoms with Crippen LogP contribution in [0.2, 0.25) is 0 Å². The Balaban J connectivity index is 1.76. The maximum absolute atomic E-state index is 12.2. The van der Waals surface area contributed by atoms with E-state index in [-0.39, 0.29) is 5.78 Å². The molecular weight excluding hydrogens is 364 g/mol. The van der Waals surface area contributed by atoms with Crippen molar-refractivity contribution >= 4 is 39.3 Å². The van der Waals surface area contributed by atoms with Crippen LogP contribution in [0.25, 0.3) is 5.78 Å². The Morgan fingerprint density at radius 3 is 2.86 bits per heavy atom. The molecule has 3 aromatic rings. The van der Waals surface area contributed by atoms with Gasteiger partial charge in [-0.3, -0.25) is 4.79 Å². The Bertz CT molecular complexity index is 862. The zero-order chi connectivity index (χ0) is 15.7. The molecule has 0 amide bonds. The second kappa shape index (κ2) is 6.18. The van der Waals surface area contributed by atoms with E-state index < -0.39 is 0 Å². The Morgan fingerprint density at radius 2 is 2.09 bits per heavy atom. The van der Waals surface area contributed by atoms with Crippen LogP contribution in [0.15, 0.2) is 40.0 Å². The first-order valence-electron chi connectivity index (χ1n) is 6.65. The molecule has 5 nitrogen and oxygen atoms in total. The van der Waals surface area contributed by atoms with Gasteiger partial charge in [0.05, 0.1) is 5.75 Å². The van der Waals surface area contributed by atoms with Crippen LogP contribution in [0.5, 0.6) is 0 Å². The summed E-state index contributed by atoms with van der Waals surface area (Å²) < 4.78 is 2.59. The molecule has 3 rings (SSSR count). The summed E-state index contributed by atoms with van der Waals surface area (Å²) in [5.41, 5.74) is 2.55. The van der Waals surface area contributed by atoms with Gasteiger partial charge in [-0.2, -0.15) is 4.98 Å². The molecule has 0 saturated heterocycles. The first kappa shape index (κ1) is 15.2. The van der Waals surface area contributed by atoms with Gasteiger partial charge in [0, 0.05) is 21.4 Å². The summed E-state index contributed by atoms with van der Waals surface area (Å²) in [6.45, 7) is 3.88. The average molecular weight is 377 g/mol. The number of fused-ring (bicyclic) bond motifs is 1. The van der Waals surface area contributed by atoms with E-state index in [4.69, 9.17) is 0 Å². The lowest BCUT2D eigenvalue weighted by Crippen LogP contribution is -2.02. The van der Waals surface area contributed by atoms with E-state index in [1.165, 1.54) is 11.8 Å².